The average Bonchev–Trinajstić information content (AvgIpc) is 2.47. The van der Waals surface area contributed by atoms with E-state index in [4.69, 9.17) is 9.47 Å². The van der Waals surface area contributed by atoms with Crippen molar-refractivity contribution in [2.45, 2.75) is 25.5 Å². The third kappa shape index (κ3) is 3.78. The van der Waals surface area contributed by atoms with Crippen LogP contribution in [-0.2, 0) is 20.7 Å². The van der Waals surface area contributed by atoms with Crippen molar-refractivity contribution in [3.63, 3.8) is 0 Å². The number of rotatable bonds is 4. The van der Waals surface area contributed by atoms with Gasteiger partial charge in [-0.25, -0.2) is 0 Å². The Kier molecular flexibility index (Phi) is 4.93. The Morgan fingerprint density at radius 3 is 2.89 bits per heavy atom. The van der Waals surface area contributed by atoms with Crippen molar-refractivity contribution in [1.29, 1.82) is 0 Å². The lowest BCUT2D eigenvalue weighted by Crippen LogP contribution is -2.50. The maximum Gasteiger partial charge on any atom is 0.322 e. The largest absolute Gasteiger partial charge is 0.468 e. The van der Waals surface area contributed by atoms with Gasteiger partial charge < -0.3 is 9.47 Å². The Hall–Kier alpha value is -1.39. The van der Waals surface area contributed by atoms with Gasteiger partial charge in [0.05, 0.1) is 19.8 Å². The Labute approximate surface area is 114 Å². The number of hydrogen-bond donors (Lipinski definition) is 0. The highest BCUT2D eigenvalue weighted by Crippen LogP contribution is 2.14. The van der Waals surface area contributed by atoms with E-state index < -0.39 is 0 Å². The average molecular weight is 263 g/mol. The third-order valence-electron chi connectivity index (χ3n) is 3.57. The molecule has 4 nitrogen and oxygen atoms in total. The zero-order valence-corrected chi connectivity index (χ0v) is 11.5. The highest BCUT2D eigenvalue weighted by atomic mass is 16.5. The standard InChI is InChI=1S/C15H21NO3/c1-12(15(17)18-2)16-8-9-19-14(11-16)10-13-6-4-3-5-7-13/h3-7,12,14H,8-11H2,1-2H3/t12-,14-/m0/s1. The van der Waals surface area contributed by atoms with Gasteiger partial charge in [-0.3, -0.25) is 9.69 Å². The summed E-state index contributed by atoms with van der Waals surface area (Å²) in [5, 5.41) is 0. The highest BCUT2D eigenvalue weighted by molar-refractivity contribution is 5.75. The van der Waals surface area contributed by atoms with Crippen LogP contribution in [0.4, 0.5) is 0 Å². The monoisotopic (exact) mass is 263 g/mol. The second kappa shape index (κ2) is 6.68. The van der Waals surface area contributed by atoms with Crippen LogP contribution in [0.2, 0.25) is 0 Å². The van der Waals surface area contributed by atoms with Crippen molar-refractivity contribution in [2.75, 3.05) is 26.8 Å². The molecule has 1 fully saturated rings. The summed E-state index contributed by atoms with van der Waals surface area (Å²) in [6, 6.07) is 10.1. The first-order valence-corrected chi connectivity index (χ1v) is 6.68. The van der Waals surface area contributed by atoms with Crippen molar-refractivity contribution in [1.82, 2.24) is 4.90 Å². The third-order valence-corrected chi connectivity index (χ3v) is 3.57. The number of nitrogens with zero attached hydrogens (tertiary/aromatic N) is 1. The van der Waals surface area contributed by atoms with Gasteiger partial charge in [0.1, 0.15) is 6.04 Å². The van der Waals surface area contributed by atoms with Crippen LogP contribution >= 0.6 is 0 Å². The number of morpholine rings is 1. The summed E-state index contributed by atoms with van der Waals surface area (Å²) in [4.78, 5) is 13.7. The van der Waals surface area contributed by atoms with Crippen LogP contribution in [-0.4, -0.2) is 49.8 Å². The topological polar surface area (TPSA) is 38.8 Å². The molecule has 0 N–H and O–H groups in total. The molecular weight excluding hydrogens is 242 g/mol. The molecule has 0 radical (unpaired) electrons. The number of ether oxygens (including phenoxy) is 2. The minimum absolute atomic E-state index is 0.142. The van der Waals surface area contributed by atoms with E-state index in [1.807, 2.05) is 25.1 Å². The zero-order valence-electron chi connectivity index (χ0n) is 11.5. The van der Waals surface area contributed by atoms with E-state index in [0.717, 1.165) is 19.5 Å². The lowest BCUT2D eigenvalue weighted by molar-refractivity contribution is -0.149. The van der Waals surface area contributed by atoms with E-state index in [9.17, 15) is 4.79 Å². The smallest absolute Gasteiger partial charge is 0.322 e. The molecule has 0 bridgehead atoms. The summed E-state index contributed by atoms with van der Waals surface area (Å²) < 4.78 is 10.6. The molecule has 0 saturated carbocycles. The summed E-state index contributed by atoms with van der Waals surface area (Å²) in [7, 11) is 1.43. The van der Waals surface area contributed by atoms with Gasteiger partial charge in [0, 0.05) is 13.1 Å². The number of carbonyl (C=O) groups is 1. The van der Waals surface area contributed by atoms with Gasteiger partial charge in [0.15, 0.2) is 0 Å². The Morgan fingerprint density at radius 1 is 1.47 bits per heavy atom. The molecule has 19 heavy (non-hydrogen) atoms. The van der Waals surface area contributed by atoms with Gasteiger partial charge >= 0.3 is 5.97 Å². The van der Waals surface area contributed by atoms with Crippen LogP contribution in [0.25, 0.3) is 0 Å². The summed E-state index contributed by atoms with van der Waals surface area (Å²) in [6.07, 6.45) is 1.02. The molecule has 1 aromatic rings. The fourth-order valence-corrected chi connectivity index (χ4v) is 2.41. The summed E-state index contributed by atoms with van der Waals surface area (Å²) in [5.74, 6) is -0.180. The molecule has 1 saturated heterocycles. The molecule has 0 spiro atoms. The fourth-order valence-electron chi connectivity index (χ4n) is 2.41. The first kappa shape index (κ1) is 14.0. The minimum Gasteiger partial charge on any atom is -0.468 e. The van der Waals surface area contributed by atoms with Crippen molar-refractivity contribution in [3.05, 3.63) is 35.9 Å². The van der Waals surface area contributed by atoms with Crippen LogP contribution in [0.3, 0.4) is 0 Å². The molecule has 0 amide bonds. The van der Waals surface area contributed by atoms with Gasteiger partial charge in [-0.15, -0.1) is 0 Å². The number of methoxy groups -OCH3 is 1. The van der Waals surface area contributed by atoms with Crippen LogP contribution < -0.4 is 0 Å². The van der Waals surface area contributed by atoms with E-state index in [2.05, 4.69) is 17.0 Å². The predicted molar refractivity (Wildman–Crippen MR) is 72.9 cm³/mol. The van der Waals surface area contributed by atoms with Gasteiger partial charge in [-0.1, -0.05) is 30.3 Å². The lowest BCUT2D eigenvalue weighted by Gasteiger charge is -2.35. The quantitative estimate of drug-likeness (QED) is 0.772. The summed E-state index contributed by atoms with van der Waals surface area (Å²) in [5.41, 5.74) is 1.26. The molecule has 1 aromatic carbocycles. The van der Waals surface area contributed by atoms with Crippen LogP contribution in [0.1, 0.15) is 12.5 Å². The van der Waals surface area contributed by atoms with Crippen molar-refractivity contribution in [3.8, 4) is 0 Å². The SMILES string of the molecule is COC(=O)[C@H](C)N1CCO[C@@H](Cc2ccccc2)C1. The Bertz CT molecular complexity index is 407. The van der Waals surface area contributed by atoms with Gasteiger partial charge in [-0.05, 0) is 18.9 Å². The second-order valence-electron chi connectivity index (χ2n) is 4.88. The van der Waals surface area contributed by atoms with Crippen LogP contribution in [0, 0.1) is 0 Å². The zero-order chi connectivity index (χ0) is 13.7. The van der Waals surface area contributed by atoms with E-state index in [1.165, 1.54) is 12.7 Å². The van der Waals surface area contributed by atoms with Gasteiger partial charge in [0.25, 0.3) is 0 Å². The Balaban J connectivity index is 1.92. The van der Waals surface area contributed by atoms with E-state index in [1.54, 1.807) is 0 Å². The molecule has 4 heteroatoms. The Morgan fingerprint density at radius 2 is 2.21 bits per heavy atom. The first-order valence-electron chi connectivity index (χ1n) is 6.68. The lowest BCUT2D eigenvalue weighted by atomic mass is 10.1. The number of esters is 1. The maximum atomic E-state index is 11.6. The fraction of sp³-hybridized carbons (Fsp3) is 0.533. The van der Waals surface area contributed by atoms with Crippen LogP contribution in [0.15, 0.2) is 30.3 Å². The molecule has 1 heterocycles. The summed E-state index contributed by atoms with van der Waals surface area (Å²) in [6.45, 7) is 4.10. The highest BCUT2D eigenvalue weighted by Gasteiger charge is 2.28. The molecule has 1 aliphatic rings. The predicted octanol–water partition coefficient (Wildman–Crippen LogP) is 1.49. The van der Waals surface area contributed by atoms with E-state index in [0.29, 0.717) is 6.61 Å². The molecule has 1 aliphatic heterocycles. The molecule has 2 rings (SSSR count). The minimum atomic E-state index is -0.202. The van der Waals surface area contributed by atoms with Crippen LogP contribution in [0.5, 0.6) is 0 Å². The van der Waals surface area contributed by atoms with Crippen molar-refractivity contribution in [2.24, 2.45) is 0 Å². The van der Waals surface area contributed by atoms with Crippen molar-refractivity contribution < 1.29 is 14.3 Å². The molecule has 104 valence electrons. The number of hydrogen-bond acceptors (Lipinski definition) is 4. The van der Waals surface area contributed by atoms with E-state index in [-0.39, 0.29) is 18.1 Å². The van der Waals surface area contributed by atoms with Crippen molar-refractivity contribution >= 4 is 5.97 Å². The number of benzene rings is 1. The molecule has 2 atom stereocenters. The number of carbonyl (C=O) groups excluding carboxylic acids is 1. The van der Waals surface area contributed by atoms with Gasteiger partial charge in [-0.2, -0.15) is 0 Å². The van der Waals surface area contributed by atoms with Gasteiger partial charge in [0.2, 0.25) is 0 Å². The van der Waals surface area contributed by atoms with E-state index >= 15 is 0 Å². The molecule has 0 aliphatic carbocycles. The first-order chi connectivity index (χ1) is 9.20. The molecule has 0 unspecified atom stereocenters. The normalized spacial score (nSPS) is 21.9. The second-order valence-corrected chi connectivity index (χ2v) is 4.88. The molecular formula is C15H21NO3. The molecule has 0 aromatic heterocycles. The summed E-state index contributed by atoms with van der Waals surface area (Å²) >= 11 is 0. The maximum absolute atomic E-state index is 11.6.